The average Bonchev–Trinajstić information content (AvgIpc) is 3.76. The number of esters is 2. The van der Waals surface area contributed by atoms with Gasteiger partial charge in [-0.2, -0.15) is 0 Å². The summed E-state index contributed by atoms with van der Waals surface area (Å²) in [6.07, 6.45) is 1.24. The van der Waals surface area contributed by atoms with E-state index in [0.29, 0.717) is 28.7 Å². The quantitative estimate of drug-likeness (QED) is 0.239. The van der Waals surface area contributed by atoms with Crippen LogP contribution in [0.3, 0.4) is 0 Å². The predicted molar refractivity (Wildman–Crippen MR) is 189 cm³/mol. The zero-order valence-corrected chi connectivity index (χ0v) is 31.4. The average molecular weight is 854 g/mol. The largest absolute Gasteiger partial charge is 0.469 e. The van der Waals surface area contributed by atoms with Gasteiger partial charge in [0.05, 0.1) is 77.0 Å². The van der Waals surface area contributed by atoms with Crippen LogP contribution < -0.4 is 0 Å². The lowest BCUT2D eigenvalue weighted by atomic mass is 9.98. The Hall–Kier alpha value is -2.54. The maximum atomic E-state index is 12.2. The van der Waals surface area contributed by atoms with Gasteiger partial charge in [0.15, 0.2) is 0 Å². The van der Waals surface area contributed by atoms with Crippen molar-refractivity contribution in [3.8, 4) is 0 Å². The Morgan fingerprint density at radius 2 is 1.05 bits per heavy atom. The third kappa shape index (κ3) is 5.90. The molecule has 0 spiro atoms. The normalized spacial score (nSPS) is 13.1. The molecule has 0 saturated carbocycles. The van der Waals surface area contributed by atoms with Gasteiger partial charge in [-0.3, -0.25) is 9.59 Å². The zero-order valence-electron chi connectivity index (χ0n) is 25.0. The number of hydrogen-bond acceptors (Lipinski definition) is 6. The van der Waals surface area contributed by atoms with Crippen molar-refractivity contribution in [2.75, 3.05) is 14.2 Å². The van der Waals surface area contributed by atoms with E-state index in [2.05, 4.69) is 92.7 Å². The minimum Gasteiger partial charge on any atom is -0.469 e. The minimum absolute atomic E-state index is 0.197. The first-order valence-electron chi connectivity index (χ1n) is 13.9. The molecule has 230 valence electrons. The van der Waals surface area contributed by atoms with Gasteiger partial charge >= 0.3 is 11.9 Å². The Kier molecular flexibility index (Phi) is 9.75. The molecule has 0 amide bonds. The summed E-state index contributed by atoms with van der Waals surface area (Å²) in [5.74, 6) is -0.605. The second-order valence-corrected chi connectivity index (χ2v) is 13.9. The number of rotatable bonds is 6. The molecule has 5 rings (SSSR count). The Labute approximate surface area is 288 Å². The smallest absolute Gasteiger partial charge is 0.305 e. The van der Waals surface area contributed by atoms with Crippen molar-refractivity contribution in [2.24, 2.45) is 0 Å². The number of aromatic nitrogens is 4. The van der Waals surface area contributed by atoms with Gasteiger partial charge in [0.2, 0.25) is 0 Å². The molecule has 0 unspecified atom stereocenters. The van der Waals surface area contributed by atoms with E-state index in [-0.39, 0.29) is 24.8 Å². The van der Waals surface area contributed by atoms with Gasteiger partial charge in [-0.1, -0.05) is 0 Å². The Morgan fingerprint density at radius 1 is 0.636 bits per heavy atom. The molecule has 8 nitrogen and oxygen atoms in total. The van der Waals surface area contributed by atoms with Crippen LogP contribution in [0.5, 0.6) is 0 Å². The molecule has 0 atom stereocenters. The summed E-state index contributed by atoms with van der Waals surface area (Å²) in [6, 6.07) is 4.18. The summed E-state index contributed by atoms with van der Waals surface area (Å²) in [5.41, 5.74) is 12.2. The van der Waals surface area contributed by atoms with Crippen molar-refractivity contribution >= 4 is 120 Å². The molecule has 44 heavy (non-hydrogen) atoms. The lowest BCUT2D eigenvalue weighted by molar-refractivity contribution is -0.141. The minimum atomic E-state index is -0.303. The third-order valence-electron chi connectivity index (χ3n) is 8.02. The molecule has 0 radical (unpaired) electrons. The van der Waals surface area contributed by atoms with Crippen molar-refractivity contribution in [1.29, 1.82) is 0 Å². The van der Waals surface area contributed by atoms with Crippen LogP contribution in [0.2, 0.25) is 0 Å². The number of ether oxygens (including phenoxy) is 2. The lowest BCUT2D eigenvalue weighted by Crippen LogP contribution is -2.01. The van der Waals surface area contributed by atoms with Crippen LogP contribution in [0, 0.1) is 13.8 Å². The summed E-state index contributed by atoms with van der Waals surface area (Å²) >= 11 is 15.4. The SMILES string of the molecule is COC(=O)CCC1=C(C)c2nc1c(Br)c1nc(c(Br)c3[nH]c(cc3C)c(Br)c3[nH]c(cc3C)c2Br)C(C)=C1CCC(=O)OC. The van der Waals surface area contributed by atoms with Gasteiger partial charge in [-0.25, -0.2) is 9.97 Å². The molecule has 2 aliphatic heterocycles. The standard InChI is InChI=1S/C32H30Br4N4O4/c1-13-11-20-24(34)29-15(3)17(7-9-21(41)43-5)31(39-29)26(36)32-18(8-10-22(42)44-6)16(4)30(40-32)25(35)28-14(2)12-19(38-28)23(33)27(13)37-20/h11-12,37-38H,7-10H2,1-6H3. The highest BCUT2D eigenvalue weighted by atomic mass is 79.9. The van der Waals surface area contributed by atoms with E-state index in [9.17, 15) is 9.59 Å². The van der Waals surface area contributed by atoms with Gasteiger partial charge in [0, 0.05) is 12.8 Å². The monoisotopic (exact) mass is 850 g/mol. The van der Waals surface area contributed by atoms with Crippen LogP contribution in [-0.2, 0) is 19.1 Å². The van der Waals surface area contributed by atoms with E-state index < -0.39 is 0 Å². The van der Waals surface area contributed by atoms with Crippen molar-refractivity contribution in [1.82, 2.24) is 19.9 Å². The molecule has 3 aromatic heterocycles. The highest BCUT2D eigenvalue weighted by molar-refractivity contribution is 9.11. The molecule has 0 fully saturated rings. The van der Waals surface area contributed by atoms with Gasteiger partial charge in [0.25, 0.3) is 0 Å². The van der Waals surface area contributed by atoms with Gasteiger partial charge in [-0.05, 0) is 150 Å². The van der Waals surface area contributed by atoms with Crippen LogP contribution in [-0.4, -0.2) is 46.1 Å². The molecule has 3 aromatic rings. The number of fused-ring (bicyclic) bond motifs is 8. The Bertz CT molecular complexity index is 1970. The van der Waals surface area contributed by atoms with Gasteiger partial charge < -0.3 is 19.4 Å². The van der Waals surface area contributed by atoms with Crippen LogP contribution in [0.15, 0.2) is 30.0 Å². The molecule has 12 heteroatoms. The molecular weight excluding hydrogens is 824 g/mol. The number of aromatic amines is 2. The van der Waals surface area contributed by atoms with Crippen molar-refractivity contribution in [3.63, 3.8) is 0 Å². The summed E-state index contributed by atoms with van der Waals surface area (Å²) in [5, 5.41) is 0. The number of hydrogen-bond donors (Lipinski definition) is 2. The van der Waals surface area contributed by atoms with Crippen LogP contribution in [0.1, 0.15) is 73.4 Å². The van der Waals surface area contributed by atoms with E-state index in [1.54, 1.807) is 0 Å². The first-order valence-corrected chi connectivity index (χ1v) is 17.0. The molecule has 0 aromatic carbocycles. The third-order valence-corrected chi connectivity index (χ3v) is 11.2. The predicted octanol–water partition coefficient (Wildman–Crippen LogP) is 9.75. The maximum Gasteiger partial charge on any atom is 0.305 e. The van der Waals surface area contributed by atoms with Crippen molar-refractivity contribution < 1.29 is 19.1 Å². The lowest BCUT2D eigenvalue weighted by Gasteiger charge is -2.09. The number of carbonyl (C=O) groups is 2. The number of nitrogens with one attached hydrogen (secondary N) is 2. The van der Waals surface area contributed by atoms with Crippen LogP contribution >= 0.6 is 63.7 Å². The number of aryl methyl sites for hydroxylation is 2. The number of allylic oxidation sites excluding steroid dienone is 4. The highest BCUT2D eigenvalue weighted by Crippen LogP contribution is 2.45. The van der Waals surface area contributed by atoms with Gasteiger partial charge in [-0.15, -0.1) is 0 Å². The number of methoxy groups -OCH3 is 2. The van der Waals surface area contributed by atoms with Crippen molar-refractivity contribution in [2.45, 2.75) is 53.4 Å². The van der Waals surface area contributed by atoms with Crippen LogP contribution in [0.4, 0.5) is 0 Å². The molecule has 0 aliphatic carbocycles. The fourth-order valence-electron chi connectivity index (χ4n) is 5.53. The van der Waals surface area contributed by atoms with E-state index in [1.165, 1.54) is 14.2 Å². The fraction of sp³-hybridized carbons (Fsp3) is 0.312. The molecule has 2 aliphatic rings. The highest BCUT2D eigenvalue weighted by Gasteiger charge is 2.28. The summed E-state index contributed by atoms with van der Waals surface area (Å²) in [4.78, 5) is 41.9. The summed E-state index contributed by atoms with van der Waals surface area (Å²) in [7, 11) is 2.78. The molecule has 5 heterocycles. The number of carbonyl (C=O) groups excluding carboxylic acids is 2. The Balaban J connectivity index is 1.95. The molecule has 8 bridgehead atoms. The van der Waals surface area contributed by atoms with Crippen LogP contribution in [0.25, 0.3) is 44.4 Å². The first-order chi connectivity index (χ1) is 20.9. The topological polar surface area (TPSA) is 110 Å². The fourth-order valence-corrected chi connectivity index (χ4v) is 8.21. The molecular formula is C32H30Br4N4O4. The van der Waals surface area contributed by atoms with E-state index in [4.69, 9.17) is 19.4 Å². The first kappa shape index (κ1) is 32.8. The molecule has 2 N–H and O–H groups in total. The zero-order chi connectivity index (χ0) is 32.0. The number of halogens is 4. The van der Waals surface area contributed by atoms with Crippen molar-refractivity contribution in [3.05, 3.63) is 63.9 Å². The van der Waals surface area contributed by atoms with Gasteiger partial charge in [0.1, 0.15) is 0 Å². The second-order valence-electron chi connectivity index (χ2n) is 10.7. The maximum absolute atomic E-state index is 12.2. The van der Waals surface area contributed by atoms with E-state index in [0.717, 1.165) is 80.3 Å². The number of nitrogens with zero attached hydrogens (tertiary/aromatic N) is 2. The van der Waals surface area contributed by atoms with E-state index in [1.807, 2.05) is 20.8 Å². The Morgan fingerprint density at radius 3 is 1.50 bits per heavy atom. The second kappa shape index (κ2) is 13.1. The summed E-state index contributed by atoms with van der Waals surface area (Å²) in [6.45, 7) is 8.12. The van der Waals surface area contributed by atoms with E-state index >= 15 is 0 Å². The summed E-state index contributed by atoms with van der Waals surface area (Å²) < 4.78 is 13.1. The number of H-pyrrole nitrogens is 2. The molecule has 0 saturated heterocycles.